The van der Waals surface area contributed by atoms with Crippen LogP contribution in [-0.2, 0) is 4.79 Å². The van der Waals surface area contributed by atoms with E-state index in [2.05, 4.69) is 19.0 Å². The molecule has 0 aliphatic heterocycles. The minimum absolute atomic E-state index is 0.346. The van der Waals surface area contributed by atoms with Crippen LogP contribution in [-0.4, -0.2) is 49.9 Å². The number of nitrogens with zero attached hydrogens (tertiary/aromatic N) is 2. The molecule has 0 atom stereocenters. The molecular formula is C10H20N2O. The molecule has 0 aromatic heterocycles. The van der Waals surface area contributed by atoms with E-state index >= 15 is 0 Å². The van der Waals surface area contributed by atoms with Crippen LogP contribution >= 0.6 is 0 Å². The number of hydrogen-bond donors (Lipinski definition) is 0. The molecule has 13 heavy (non-hydrogen) atoms. The van der Waals surface area contributed by atoms with Gasteiger partial charge in [0.25, 0.3) is 0 Å². The van der Waals surface area contributed by atoms with E-state index in [1.807, 2.05) is 11.9 Å². The van der Waals surface area contributed by atoms with E-state index in [4.69, 9.17) is 0 Å². The topological polar surface area (TPSA) is 23.6 Å². The van der Waals surface area contributed by atoms with Crippen LogP contribution in [0.15, 0.2) is 0 Å². The van der Waals surface area contributed by atoms with Crippen molar-refractivity contribution in [2.75, 3.05) is 34.2 Å². The Morgan fingerprint density at radius 3 is 2.31 bits per heavy atom. The number of amides is 1. The third-order valence-electron chi connectivity index (χ3n) is 2.40. The zero-order chi connectivity index (χ0) is 9.84. The molecular weight excluding hydrogens is 164 g/mol. The minimum Gasteiger partial charge on any atom is -0.345 e. The predicted molar refractivity (Wildman–Crippen MR) is 53.5 cm³/mol. The molecule has 1 amide bonds. The Morgan fingerprint density at radius 1 is 1.23 bits per heavy atom. The lowest BCUT2D eigenvalue weighted by atomic mass is 10.3. The number of carbonyl (C=O) groups is 1. The Labute approximate surface area is 80.7 Å². The van der Waals surface area contributed by atoms with Gasteiger partial charge in [0, 0.05) is 19.5 Å². The maximum absolute atomic E-state index is 11.5. The van der Waals surface area contributed by atoms with Crippen molar-refractivity contribution in [2.45, 2.75) is 19.3 Å². The van der Waals surface area contributed by atoms with Gasteiger partial charge in [-0.15, -0.1) is 0 Å². The largest absolute Gasteiger partial charge is 0.345 e. The van der Waals surface area contributed by atoms with Crippen molar-refractivity contribution >= 4 is 5.91 Å². The average Bonchev–Trinajstić information content (AvgIpc) is 2.84. The lowest BCUT2D eigenvalue weighted by molar-refractivity contribution is -0.131. The Morgan fingerprint density at radius 2 is 1.85 bits per heavy atom. The van der Waals surface area contributed by atoms with Gasteiger partial charge in [0.05, 0.1) is 0 Å². The van der Waals surface area contributed by atoms with Crippen molar-refractivity contribution in [3.05, 3.63) is 0 Å². The van der Waals surface area contributed by atoms with Crippen LogP contribution in [0.2, 0.25) is 0 Å². The highest BCUT2D eigenvalue weighted by atomic mass is 16.2. The van der Waals surface area contributed by atoms with Gasteiger partial charge in [0.1, 0.15) is 0 Å². The minimum atomic E-state index is 0.346. The van der Waals surface area contributed by atoms with E-state index in [9.17, 15) is 4.79 Å². The van der Waals surface area contributed by atoms with E-state index in [0.717, 1.165) is 32.4 Å². The molecule has 3 heteroatoms. The van der Waals surface area contributed by atoms with Gasteiger partial charge in [0.2, 0.25) is 5.91 Å². The molecule has 0 spiro atoms. The Kier molecular flexibility index (Phi) is 3.72. The van der Waals surface area contributed by atoms with Crippen molar-refractivity contribution in [3.63, 3.8) is 0 Å². The van der Waals surface area contributed by atoms with E-state index in [-0.39, 0.29) is 0 Å². The number of rotatable bonds is 5. The van der Waals surface area contributed by atoms with Crippen molar-refractivity contribution in [3.8, 4) is 0 Å². The fourth-order valence-corrected chi connectivity index (χ4v) is 1.38. The summed E-state index contributed by atoms with van der Waals surface area (Å²) in [6.07, 6.45) is 3.29. The molecule has 0 N–H and O–H groups in total. The molecule has 0 bridgehead atoms. The third-order valence-corrected chi connectivity index (χ3v) is 2.40. The standard InChI is InChI=1S/C10H20N2O/c1-11(2)7-4-8-12(3)10(13)9-5-6-9/h9H,4-8H2,1-3H3. The van der Waals surface area contributed by atoms with Gasteiger partial charge in [-0.25, -0.2) is 0 Å². The molecule has 1 fully saturated rings. The van der Waals surface area contributed by atoms with Crippen LogP contribution in [0.5, 0.6) is 0 Å². The summed E-state index contributed by atoms with van der Waals surface area (Å²) in [5.41, 5.74) is 0. The molecule has 0 aromatic carbocycles. The van der Waals surface area contributed by atoms with Crippen molar-refractivity contribution in [1.29, 1.82) is 0 Å². The van der Waals surface area contributed by atoms with Crippen LogP contribution in [0.1, 0.15) is 19.3 Å². The quantitative estimate of drug-likeness (QED) is 0.631. The Bertz CT molecular complexity index is 176. The van der Waals surface area contributed by atoms with E-state index in [0.29, 0.717) is 11.8 Å². The summed E-state index contributed by atoms with van der Waals surface area (Å²) in [7, 11) is 6.03. The van der Waals surface area contributed by atoms with Crippen molar-refractivity contribution in [2.24, 2.45) is 5.92 Å². The summed E-state index contributed by atoms with van der Waals surface area (Å²) in [6, 6.07) is 0. The molecule has 76 valence electrons. The highest BCUT2D eigenvalue weighted by molar-refractivity contribution is 5.80. The Hall–Kier alpha value is -0.570. The van der Waals surface area contributed by atoms with Crippen LogP contribution < -0.4 is 0 Å². The molecule has 0 saturated heterocycles. The normalized spacial score (nSPS) is 16.3. The first-order chi connectivity index (χ1) is 6.11. The zero-order valence-electron chi connectivity index (χ0n) is 8.92. The van der Waals surface area contributed by atoms with Crippen molar-refractivity contribution in [1.82, 2.24) is 9.80 Å². The SMILES string of the molecule is CN(C)CCCN(C)C(=O)C1CC1. The molecule has 3 nitrogen and oxygen atoms in total. The monoisotopic (exact) mass is 184 g/mol. The summed E-state index contributed by atoms with van der Waals surface area (Å²) in [6.45, 7) is 1.95. The third kappa shape index (κ3) is 3.77. The van der Waals surface area contributed by atoms with Crippen LogP contribution in [0, 0.1) is 5.92 Å². The maximum atomic E-state index is 11.5. The predicted octanol–water partition coefficient (Wildman–Crippen LogP) is 0.806. The van der Waals surface area contributed by atoms with Gasteiger partial charge in [0.15, 0.2) is 0 Å². The molecule has 1 aliphatic rings. The molecule has 1 aliphatic carbocycles. The molecule has 0 unspecified atom stereocenters. The van der Waals surface area contributed by atoms with E-state index in [1.165, 1.54) is 0 Å². The second-order valence-corrected chi connectivity index (χ2v) is 4.19. The van der Waals surface area contributed by atoms with Gasteiger partial charge >= 0.3 is 0 Å². The maximum Gasteiger partial charge on any atom is 0.225 e. The molecule has 0 aromatic rings. The summed E-state index contributed by atoms with van der Waals surface area (Å²) < 4.78 is 0. The Balaban J connectivity index is 2.09. The lowest BCUT2D eigenvalue weighted by Gasteiger charge is -2.18. The van der Waals surface area contributed by atoms with E-state index < -0.39 is 0 Å². The van der Waals surface area contributed by atoms with Gasteiger partial charge in [-0.2, -0.15) is 0 Å². The summed E-state index contributed by atoms with van der Waals surface area (Å²) in [5.74, 6) is 0.711. The van der Waals surface area contributed by atoms with Crippen molar-refractivity contribution < 1.29 is 4.79 Å². The molecule has 1 saturated carbocycles. The van der Waals surface area contributed by atoms with Crippen LogP contribution in [0.25, 0.3) is 0 Å². The lowest BCUT2D eigenvalue weighted by Crippen LogP contribution is -2.30. The van der Waals surface area contributed by atoms with Gasteiger partial charge in [-0.1, -0.05) is 0 Å². The molecule has 0 radical (unpaired) electrons. The highest BCUT2D eigenvalue weighted by Gasteiger charge is 2.31. The average molecular weight is 184 g/mol. The zero-order valence-corrected chi connectivity index (χ0v) is 8.92. The van der Waals surface area contributed by atoms with E-state index in [1.54, 1.807) is 0 Å². The first-order valence-electron chi connectivity index (χ1n) is 5.01. The molecule has 1 rings (SSSR count). The fourth-order valence-electron chi connectivity index (χ4n) is 1.38. The second-order valence-electron chi connectivity index (χ2n) is 4.19. The highest BCUT2D eigenvalue weighted by Crippen LogP contribution is 2.30. The summed E-state index contributed by atoms with van der Waals surface area (Å²) in [5, 5.41) is 0. The second kappa shape index (κ2) is 4.61. The summed E-state index contributed by atoms with van der Waals surface area (Å²) in [4.78, 5) is 15.5. The number of carbonyl (C=O) groups excluding carboxylic acids is 1. The fraction of sp³-hybridized carbons (Fsp3) is 0.900. The van der Waals surface area contributed by atoms with Gasteiger partial charge < -0.3 is 9.80 Å². The van der Waals surface area contributed by atoms with Gasteiger partial charge in [-0.3, -0.25) is 4.79 Å². The molecule has 0 heterocycles. The van der Waals surface area contributed by atoms with Gasteiger partial charge in [-0.05, 0) is 39.9 Å². The van der Waals surface area contributed by atoms with Crippen LogP contribution in [0.4, 0.5) is 0 Å². The first-order valence-corrected chi connectivity index (χ1v) is 5.01. The van der Waals surface area contributed by atoms with Crippen LogP contribution in [0.3, 0.4) is 0 Å². The summed E-state index contributed by atoms with van der Waals surface area (Å²) >= 11 is 0. The first kappa shape index (κ1) is 10.5. The smallest absolute Gasteiger partial charge is 0.225 e. The number of hydrogen-bond acceptors (Lipinski definition) is 2.